The second-order valence-electron chi connectivity index (χ2n) is 4.27. The zero-order valence-corrected chi connectivity index (χ0v) is 15.0. The van der Waals surface area contributed by atoms with Gasteiger partial charge in [0.05, 0.1) is 12.0 Å². The van der Waals surface area contributed by atoms with Crippen molar-refractivity contribution in [2.75, 3.05) is 13.7 Å². The highest BCUT2D eigenvalue weighted by molar-refractivity contribution is 9.11. The molecule has 1 aromatic carbocycles. The van der Waals surface area contributed by atoms with E-state index in [1.165, 1.54) is 26.0 Å². The number of likely N-dealkylation sites (N-methyl/N-ethyl adjacent to an activating group) is 1. The number of methoxy groups -OCH3 is 1. The van der Waals surface area contributed by atoms with Crippen LogP contribution in [0, 0.1) is 10.1 Å². The molecule has 126 valence electrons. The number of carbonyl (C=O) groups is 1. The average Bonchev–Trinajstić information content (AvgIpc) is 2.50. The molecule has 0 radical (unpaired) electrons. The number of sulfonamides is 1. The van der Waals surface area contributed by atoms with E-state index in [1.807, 2.05) is 0 Å². The lowest BCUT2D eigenvalue weighted by Gasteiger charge is -2.24. The molecule has 0 N–H and O–H groups in total. The van der Waals surface area contributed by atoms with Crippen molar-refractivity contribution in [2.24, 2.45) is 0 Å². The van der Waals surface area contributed by atoms with Crippen LogP contribution in [0.25, 0.3) is 0 Å². The maximum Gasteiger partial charge on any atom is 0.356 e. The number of esters is 1. The van der Waals surface area contributed by atoms with Gasteiger partial charge in [-0.3, -0.25) is 14.4 Å². The minimum Gasteiger partial charge on any atom is -0.464 e. The third kappa shape index (κ3) is 3.88. The average molecular weight is 407 g/mol. The van der Waals surface area contributed by atoms with Crippen molar-refractivity contribution in [1.29, 1.82) is 0 Å². The van der Waals surface area contributed by atoms with Gasteiger partial charge >= 0.3 is 5.97 Å². The van der Waals surface area contributed by atoms with Crippen LogP contribution < -0.4 is 0 Å². The molecule has 1 rings (SSSR count). The highest BCUT2D eigenvalue weighted by Gasteiger charge is 2.35. The molecule has 0 aromatic heterocycles. The minimum absolute atomic E-state index is 0.109. The second-order valence-corrected chi connectivity index (χ2v) is 7.29. The van der Waals surface area contributed by atoms with Crippen LogP contribution >= 0.6 is 15.9 Å². The largest absolute Gasteiger partial charge is 0.464 e. The lowest BCUT2D eigenvalue weighted by Crippen LogP contribution is -2.35. The normalized spacial score (nSPS) is 12.3. The molecule has 0 heterocycles. The van der Waals surface area contributed by atoms with Crippen LogP contribution in [0.3, 0.4) is 0 Å². The van der Waals surface area contributed by atoms with Crippen LogP contribution in [0.2, 0.25) is 0 Å². The maximum atomic E-state index is 12.8. The predicted octanol–water partition coefficient (Wildman–Crippen LogP) is 2.40. The number of ether oxygens (including phenoxy) is 1. The van der Waals surface area contributed by atoms with E-state index >= 15 is 0 Å². The van der Waals surface area contributed by atoms with Gasteiger partial charge in [0.25, 0.3) is 15.7 Å². The van der Waals surface area contributed by atoms with Crippen LogP contribution in [-0.4, -0.2) is 37.3 Å². The third-order valence-electron chi connectivity index (χ3n) is 2.87. The Hall–Kier alpha value is -1.94. The van der Waals surface area contributed by atoms with Gasteiger partial charge in [-0.05, 0) is 19.9 Å². The first-order chi connectivity index (χ1) is 10.7. The summed E-state index contributed by atoms with van der Waals surface area (Å²) in [7, 11) is -3.21. The Balaban J connectivity index is 3.61. The van der Waals surface area contributed by atoms with Gasteiger partial charge in [-0.2, -0.15) is 0 Å². The predicted molar refractivity (Wildman–Crippen MR) is 86.3 cm³/mol. The molecule has 1 aromatic rings. The van der Waals surface area contributed by atoms with Crippen molar-refractivity contribution in [2.45, 2.75) is 18.7 Å². The first-order valence-electron chi connectivity index (χ1n) is 6.39. The van der Waals surface area contributed by atoms with Crippen LogP contribution in [0.15, 0.2) is 39.3 Å². The Labute approximate surface area is 142 Å². The quantitative estimate of drug-likeness (QED) is 0.310. The molecular weight excluding hydrogens is 392 g/mol. The van der Waals surface area contributed by atoms with Crippen molar-refractivity contribution in [1.82, 2.24) is 4.31 Å². The Bertz CT molecular complexity index is 755. The summed E-state index contributed by atoms with van der Waals surface area (Å²) < 4.78 is 31.2. The molecule has 23 heavy (non-hydrogen) atoms. The summed E-state index contributed by atoms with van der Waals surface area (Å²) in [6.07, 6.45) is 0. The van der Waals surface area contributed by atoms with Crippen LogP contribution in [-0.2, 0) is 19.6 Å². The zero-order valence-electron chi connectivity index (χ0n) is 12.6. The molecule has 0 bridgehead atoms. The standard InChI is InChI=1S/C13H15BrN2O6S/c1-4-15(12(9(2)14)13(17)22-3)23(20,21)11-8-6-5-7-10(11)16(18)19/h5-8H,4H2,1-3H3/b12-9-. The van der Waals surface area contributed by atoms with Crippen LogP contribution in [0.1, 0.15) is 13.8 Å². The fourth-order valence-electron chi connectivity index (χ4n) is 1.90. The topological polar surface area (TPSA) is 107 Å². The van der Waals surface area contributed by atoms with Crippen molar-refractivity contribution < 1.29 is 22.9 Å². The number of halogens is 1. The van der Waals surface area contributed by atoms with Crippen molar-refractivity contribution in [3.8, 4) is 0 Å². The SMILES string of the molecule is CCN(/C(C(=O)OC)=C(/C)Br)S(=O)(=O)c1ccccc1[N+](=O)[O-]. The highest BCUT2D eigenvalue weighted by atomic mass is 79.9. The van der Waals surface area contributed by atoms with Crippen molar-refractivity contribution in [3.05, 3.63) is 44.6 Å². The van der Waals surface area contributed by atoms with E-state index < -0.39 is 31.5 Å². The number of hydrogen-bond donors (Lipinski definition) is 0. The zero-order chi connectivity index (χ0) is 17.8. The molecule has 0 aliphatic heterocycles. The van der Waals surface area contributed by atoms with Gasteiger partial charge in [-0.1, -0.05) is 28.1 Å². The van der Waals surface area contributed by atoms with Gasteiger partial charge in [-0.25, -0.2) is 13.2 Å². The van der Waals surface area contributed by atoms with E-state index in [9.17, 15) is 23.3 Å². The molecule has 0 spiro atoms. The summed E-state index contributed by atoms with van der Waals surface area (Å²) in [5.41, 5.74) is -0.810. The summed E-state index contributed by atoms with van der Waals surface area (Å²) >= 11 is 3.07. The van der Waals surface area contributed by atoms with Gasteiger partial charge in [0.2, 0.25) is 0 Å². The molecule has 8 nitrogen and oxygen atoms in total. The fraction of sp³-hybridized carbons (Fsp3) is 0.308. The molecule has 0 saturated carbocycles. The fourth-order valence-corrected chi connectivity index (χ4v) is 4.08. The number of nitro groups is 1. The Kier molecular flexibility index (Phi) is 6.28. The molecule has 0 fully saturated rings. The van der Waals surface area contributed by atoms with Gasteiger partial charge in [0.15, 0.2) is 4.90 Å². The van der Waals surface area contributed by atoms with Crippen LogP contribution in [0.5, 0.6) is 0 Å². The van der Waals surface area contributed by atoms with Crippen molar-refractivity contribution >= 4 is 37.6 Å². The minimum atomic E-state index is -4.32. The number of carbonyl (C=O) groups excluding carboxylic acids is 1. The number of rotatable bonds is 6. The summed E-state index contributed by atoms with van der Waals surface area (Å²) in [6, 6.07) is 4.94. The molecule has 10 heteroatoms. The smallest absolute Gasteiger partial charge is 0.356 e. The van der Waals surface area contributed by atoms with E-state index in [4.69, 9.17) is 0 Å². The lowest BCUT2D eigenvalue weighted by atomic mass is 10.3. The van der Waals surface area contributed by atoms with E-state index in [0.29, 0.717) is 0 Å². The second kappa shape index (κ2) is 7.55. The Morgan fingerprint density at radius 1 is 1.39 bits per heavy atom. The van der Waals surface area contributed by atoms with Gasteiger partial charge in [0, 0.05) is 17.1 Å². The summed E-state index contributed by atoms with van der Waals surface area (Å²) in [5.74, 6) is -0.872. The van der Waals surface area contributed by atoms with Crippen LogP contribution in [0.4, 0.5) is 5.69 Å². The first-order valence-corrected chi connectivity index (χ1v) is 8.62. The summed E-state index contributed by atoms with van der Waals surface area (Å²) in [5, 5.41) is 11.1. The molecule has 0 atom stereocenters. The maximum absolute atomic E-state index is 12.8. The van der Waals surface area contributed by atoms with Gasteiger partial charge < -0.3 is 4.74 Å². The number of nitrogens with zero attached hydrogens (tertiary/aromatic N) is 2. The van der Waals surface area contributed by atoms with Crippen molar-refractivity contribution in [3.63, 3.8) is 0 Å². The Morgan fingerprint density at radius 2 is 1.96 bits per heavy atom. The molecule has 0 unspecified atom stereocenters. The Morgan fingerprint density at radius 3 is 2.39 bits per heavy atom. The number of hydrogen-bond acceptors (Lipinski definition) is 6. The van der Waals surface area contributed by atoms with Gasteiger partial charge in [-0.15, -0.1) is 0 Å². The number of benzene rings is 1. The lowest BCUT2D eigenvalue weighted by molar-refractivity contribution is -0.387. The summed E-state index contributed by atoms with van der Waals surface area (Å²) in [4.78, 5) is 21.7. The molecular formula is C13H15BrN2O6S. The van der Waals surface area contributed by atoms with E-state index in [2.05, 4.69) is 20.7 Å². The monoisotopic (exact) mass is 406 g/mol. The summed E-state index contributed by atoms with van der Waals surface area (Å²) in [6.45, 7) is 2.87. The van der Waals surface area contributed by atoms with E-state index in [-0.39, 0.29) is 16.7 Å². The third-order valence-corrected chi connectivity index (χ3v) is 5.17. The van der Waals surface area contributed by atoms with E-state index in [1.54, 1.807) is 0 Å². The number of nitro benzene ring substituents is 1. The highest BCUT2D eigenvalue weighted by Crippen LogP contribution is 2.30. The molecule has 0 aliphatic rings. The van der Waals surface area contributed by atoms with Gasteiger partial charge in [0.1, 0.15) is 5.70 Å². The number of allylic oxidation sites excluding steroid dienone is 1. The van der Waals surface area contributed by atoms with E-state index in [0.717, 1.165) is 23.5 Å². The molecule has 0 saturated heterocycles. The first kappa shape index (κ1) is 19.1. The number of para-hydroxylation sites is 1. The molecule has 0 aliphatic carbocycles. The molecule has 0 amide bonds.